The number of benzene rings is 2. The summed E-state index contributed by atoms with van der Waals surface area (Å²) in [6.45, 7) is 12.2. The van der Waals surface area contributed by atoms with Gasteiger partial charge in [0, 0.05) is 24.0 Å². The molecule has 1 atom stereocenters. The Morgan fingerprint density at radius 3 is 2.68 bits per heavy atom. The van der Waals surface area contributed by atoms with Gasteiger partial charge in [-0.05, 0) is 86.6 Å². The molecule has 0 fully saturated rings. The first-order valence-corrected chi connectivity index (χ1v) is 10.0. The SMILES string of the molecule is CCCN1c2ccc(C=Nc3ccc(C(=O)O)cc3C)cc2C(C)CC1(C)C. The monoisotopic (exact) mass is 378 g/mol. The van der Waals surface area contributed by atoms with Crippen LogP contribution in [0.1, 0.15) is 73.5 Å². The highest BCUT2D eigenvalue weighted by atomic mass is 16.4. The first-order chi connectivity index (χ1) is 13.2. The van der Waals surface area contributed by atoms with E-state index in [9.17, 15) is 4.79 Å². The van der Waals surface area contributed by atoms with Crippen molar-refractivity contribution < 1.29 is 9.90 Å². The van der Waals surface area contributed by atoms with Crippen molar-refractivity contribution in [1.82, 2.24) is 0 Å². The van der Waals surface area contributed by atoms with Gasteiger partial charge in [-0.25, -0.2) is 4.79 Å². The van der Waals surface area contributed by atoms with Gasteiger partial charge in [-0.1, -0.05) is 19.9 Å². The molecule has 2 aromatic carbocycles. The molecule has 148 valence electrons. The summed E-state index contributed by atoms with van der Waals surface area (Å²) in [5.41, 5.74) is 5.91. The summed E-state index contributed by atoms with van der Waals surface area (Å²) >= 11 is 0. The van der Waals surface area contributed by atoms with Gasteiger partial charge >= 0.3 is 5.97 Å². The molecule has 28 heavy (non-hydrogen) atoms. The van der Waals surface area contributed by atoms with Gasteiger partial charge in [0.1, 0.15) is 0 Å². The molecule has 1 unspecified atom stereocenters. The van der Waals surface area contributed by atoms with Crippen LogP contribution in [0.4, 0.5) is 11.4 Å². The van der Waals surface area contributed by atoms with E-state index in [1.54, 1.807) is 18.2 Å². The van der Waals surface area contributed by atoms with E-state index in [4.69, 9.17) is 5.11 Å². The first kappa shape index (κ1) is 20.1. The zero-order chi connectivity index (χ0) is 20.5. The van der Waals surface area contributed by atoms with Crippen LogP contribution >= 0.6 is 0 Å². The van der Waals surface area contributed by atoms with Crippen LogP contribution in [0, 0.1) is 6.92 Å². The number of rotatable bonds is 5. The molecule has 2 aromatic rings. The normalized spacial score (nSPS) is 18.3. The van der Waals surface area contributed by atoms with Crippen LogP contribution in [-0.2, 0) is 0 Å². The van der Waals surface area contributed by atoms with Crippen molar-refractivity contribution in [2.75, 3.05) is 11.4 Å². The van der Waals surface area contributed by atoms with Crippen molar-refractivity contribution in [2.45, 2.75) is 58.9 Å². The average molecular weight is 379 g/mol. The Morgan fingerprint density at radius 1 is 1.29 bits per heavy atom. The Hall–Kier alpha value is -2.62. The smallest absolute Gasteiger partial charge is 0.335 e. The standard InChI is InChI=1S/C24H30N2O2/c1-6-11-26-22-10-7-18(13-20(22)17(3)14-24(26,4)5)15-25-21-9-8-19(23(27)28)12-16(21)2/h7-10,12-13,15,17H,6,11,14H2,1-5H3,(H,27,28). The van der Waals surface area contributed by atoms with Gasteiger partial charge in [-0.15, -0.1) is 0 Å². The molecule has 0 saturated carbocycles. The lowest BCUT2D eigenvalue weighted by molar-refractivity contribution is 0.0697. The molecule has 0 saturated heterocycles. The third-order valence-corrected chi connectivity index (χ3v) is 5.65. The topological polar surface area (TPSA) is 52.9 Å². The van der Waals surface area contributed by atoms with E-state index >= 15 is 0 Å². The van der Waals surface area contributed by atoms with Crippen LogP contribution in [0.25, 0.3) is 0 Å². The predicted octanol–water partition coefficient (Wildman–Crippen LogP) is 5.95. The highest BCUT2D eigenvalue weighted by Gasteiger charge is 2.35. The molecule has 4 heteroatoms. The maximum atomic E-state index is 11.1. The van der Waals surface area contributed by atoms with E-state index in [1.807, 2.05) is 13.1 Å². The molecular formula is C24H30N2O2. The molecule has 1 aliphatic rings. The van der Waals surface area contributed by atoms with Crippen LogP contribution in [0.3, 0.4) is 0 Å². The minimum atomic E-state index is -0.915. The molecule has 3 rings (SSSR count). The molecule has 0 amide bonds. The van der Waals surface area contributed by atoms with E-state index in [2.05, 4.69) is 55.8 Å². The molecule has 0 spiro atoms. The van der Waals surface area contributed by atoms with Gasteiger partial charge in [0.25, 0.3) is 0 Å². The summed E-state index contributed by atoms with van der Waals surface area (Å²) in [6.07, 6.45) is 4.14. The third kappa shape index (κ3) is 3.96. The summed E-state index contributed by atoms with van der Waals surface area (Å²) < 4.78 is 0. The highest BCUT2D eigenvalue weighted by Crippen LogP contribution is 2.43. The maximum absolute atomic E-state index is 11.1. The van der Waals surface area contributed by atoms with Crippen LogP contribution in [0.5, 0.6) is 0 Å². The van der Waals surface area contributed by atoms with Crippen molar-refractivity contribution in [3.05, 3.63) is 58.7 Å². The zero-order valence-corrected chi connectivity index (χ0v) is 17.5. The van der Waals surface area contributed by atoms with Crippen molar-refractivity contribution in [3.63, 3.8) is 0 Å². The number of aromatic carboxylic acids is 1. The van der Waals surface area contributed by atoms with Gasteiger partial charge in [-0.2, -0.15) is 0 Å². The summed E-state index contributed by atoms with van der Waals surface area (Å²) in [4.78, 5) is 18.2. The Bertz CT molecular complexity index is 915. The van der Waals surface area contributed by atoms with Crippen LogP contribution in [-0.4, -0.2) is 29.4 Å². The van der Waals surface area contributed by atoms with Gasteiger partial charge in [0.15, 0.2) is 0 Å². The van der Waals surface area contributed by atoms with Crippen LogP contribution in [0.15, 0.2) is 41.4 Å². The first-order valence-electron chi connectivity index (χ1n) is 10.0. The van der Waals surface area contributed by atoms with E-state index in [-0.39, 0.29) is 11.1 Å². The zero-order valence-electron chi connectivity index (χ0n) is 17.5. The predicted molar refractivity (Wildman–Crippen MR) is 117 cm³/mol. The Morgan fingerprint density at radius 2 is 2.04 bits per heavy atom. The van der Waals surface area contributed by atoms with E-state index in [0.717, 1.165) is 36.2 Å². The largest absolute Gasteiger partial charge is 0.478 e. The number of hydrogen-bond acceptors (Lipinski definition) is 3. The number of fused-ring (bicyclic) bond motifs is 1. The second-order valence-corrected chi connectivity index (χ2v) is 8.45. The fourth-order valence-corrected chi connectivity index (χ4v) is 4.31. The number of hydrogen-bond donors (Lipinski definition) is 1. The minimum Gasteiger partial charge on any atom is -0.478 e. The Kier molecular flexibility index (Phi) is 5.59. The van der Waals surface area contributed by atoms with E-state index < -0.39 is 5.97 Å². The van der Waals surface area contributed by atoms with Crippen molar-refractivity contribution >= 4 is 23.6 Å². The minimum absolute atomic E-state index is 0.168. The lowest BCUT2D eigenvalue weighted by atomic mass is 9.79. The number of anilines is 1. The van der Waals surface area contributed by atoms with Gasteiger partial charge in [0.05, 0.1) is 11.3 Å². The van der Waals surface area contributed by atoms with Gasteiger partial charge < -0.3 is 10.0 Å². The maximum Gasteiger partial charge on any atom is 0.335 e. The quantitative estimate of drug-likeness (QED) is 0.655. The average Bonchev–Trinajstić information content (AvgIpc) is 2.63. The third-order valence-electron chi connectivity index (χ3n) is 5.65. The lowest BCUT2D eigenvalue weighted by Gasteiger charge is -2.47. The molecule has 0 aromatic heterocycles. The molecule has 0 aliphatic carbocycles. The number of aryl methyl sites for hydroxylation is 1. The van der Waals surface area contributed by atoms with Crippen molar-refractivity contribution in [3.8, 4) is 0 Å². The second-order valence-electron chi connectivity index (χ2n) is 8.45. The fourth-order valence-electron chi connectivity index (χ4n) is 4.31. The number of carboxylic acids is 1. The molecule has 0 radical (unpaired) electrons. The van der Waals surface area contributed by atoms with Crippen molar-refractivity contribution in [2.24, 2.45) is 4.99 Å². The van der Waals surface area contributed by atoms with Crippen molar-refractivity contribution in [1.29, 1.82) is 0 Å². The Labute approximate surface area is 167 Å². The second kappa shape index (κ2) is 7.78. The van der Waals surface area contributed by atoms with Gasteiger partial charge in [0.2, 0.25) is 0 Å². The summed E-state index contributed by atoms with van der Waals surface area (Å²) in [5, 5.41) is 9.10. The number of carboxylic acid groups (broad SMARTS) is 1. The molecule has 1 aliphatic heterocycles. The molecule has 1 heterocycles. The summed E-state index contributed by atoms with van der Waals surface area (Å²) in [6, 6.07) is 11.6. The van der Waals surface area contributed by atoms with E-state index in [0.29, 0.717) is 5.92 Å². The van der Waals surface area contributed by atoms with Gasteiger partial charge in [-0.3, -0.25) is 4.99 Å². The number of nitrogens with zero attached hydrogens (tertiary/aromatic N) is 2. The number of aliphatic imine (C=N–C) groups is 1. The summed E-state index contributed by atoms with van der Waals surface area (Å²) in [5.74, 6) is -0.412. The Balaban J connectivity index is 1.91. The summed E-state index contributed by atoms with van der Waals surface area (Å²) in [7, 11) is 0. The molecule has 1 N–H and O–H groups in total. The van der Waals surface area contributed by atoms with Crippen LogP contribution < -0.4 is 4.90 Å². The molecule has 4 nitrogen and oxygen atoms in total. The molecular weight excluding hydrogens is 348 g/mol. The van der Waals surface area contributed by atoms with Crippen LogP contribution in [0.2, 0.25) is 0 Å². The highest BCUT2D eigenvalue weighted by molar-refractivity contribution is 5.89. The number of carbonyl (C=O) groups is 1. The lowest BCUT2D eigenvalue weighted by Crippen LogP contribution is -2.48. The van der Waals surface area contributed by atoms with E-state index in [1.165, 1.54) is 11.3 Å². The molecule has 0 bridgehead atoms. The fraction of sp³-hybridized carbons (Fsp3) is 0.417.